The van der Waals surface area contributed by atoms with Crippen LogP contribution < -0.4 is 15.0 Å². The number of nitrogens with zero attached hydrogens (tertiary/aromatic N) is 3. The van der Waals surface area contributed by atoms with Crippen molar-refractivity contribution in [2.45, 2.75) is 46.2 Å². The van der Waals surface area contributed by atoms with Crippen LogP contribution in [0.1, 0.15) is 55.8 Å². The lowest BCUT2D eigenvalue weighted by atomic mass is 10.0. The van der Waals surface area contributed by atoms with Crippen molar-refractivity contribution in [2.75, 3.05) is 34.5 Å². The monoisotopic (exact) mass is 495 g/mol. The molecular formula is C28H37N3O5. The van der Waals surface area contributed by atoms with Gasteiger partial charge in [0.05, 0.1) is 44.3 Å². The van der Waals surface area contributed by atoms with Crippen LogP contribution in [0.3, 0.4) is 0 Å². The minimum Gasteiger partial charge on any atom is -0.497 e. The molecule has 0 N–H and O–H groups in total. The first-order valence-corrected chi connectivity index (χ1v) is 12.4. The van der Waals surface area contributed by atoms with Crippen LogP contribution in [0.2, 0.25) is 0 Å². The third kappa shape index (κ3) is 6.05. The molecule has 8 nitrogen and oxygen atoms in total. The summed E-state index contributed by atoms with van der Waals surface area (Å²) in [5.41, 5.74) is 0.939. The summed E-state index contributed by atoms with van der Waals surface area (Å²) >= 11 is 0. The molecule has 1 amide bonds. The van der Waals surface area contributed by atoms with Gasteiger partial charge in [0.1, 0.15) is 17.3 Å². The molecule has 3 aromatic rings. The first kappa shape index (κ1) is 27.2. The summed E-state index contributed by atoms with van der Waals surface area (Å²) in [6.45, 7) is 7.48. The highest BCUT2D eigenvalue weighted by Crippen LogP contribution is 2.29. The number of fused-ring (bicyclic) bond motifs is 1. The summed E-state index contributed by atoms with van der Waals surface area (Å²) in [4.78, 5) is 34.3. The first-order valence-electron chi connectivity index (χ1n) is 12.4. The quantitative estimate of drug-likeness (QED) is 0.362. The van der Waals surface area contributed by atoms with Gasteiger partial charge in [0.15, 0.2) is 0 Å². The van der Waals surface area contributed by atoms with Crippen molar-refractivity contribution >= 4 is 16.8 Å². The van der Waals surface area contributed by atoms with Crippen LogP contribution in [-0.4, -0.2) is 54.8 Å². The van der Waals surface area contributed by atoms with Crippen molar-refractivity contribution in [1.82, 2.24) is 14.5 Å². The van der Waals surface area contributed by atoms with E-state index in [0.717, 1.165) is 6.42 Å². The number of methoxy groups -OCH3 is 3. The van der Waals surface area contributed by atoms with Gasteiger partial charge in [-0.3, -0.25) is 14.2 Å². The summed E-state index contributed by atoms with van der Waals surface area (Å²) in [5, 5.41) is 0.546. The fraction of sp³-hybridized carbons (Fsp3) is 0.464. The molecule has 0 saturated heterocycles. The largest absolute Gasteiger partial charge is 0.497 e. The molecule has 3 rings (SSSR count). The summed E-state index contributed by atoms with van der Waals surface area (Å²) in [6.07, 6.45) is 1.39. The Hall–Kier alpha value is -3.39. The van der Waals surface area contributed by atoms with Crippen LogP contribution in [0.15, 0.2) is 47.3 Å². The van der Waals surface area contributed by atoms with Gasteiger partial charge in [-0.25, -0.2) is 4.98 Å². The van der Waals surface area contributed by atoms with E-state index in [4.69, 9.17) is 19.2 Å². The molecule has 0 radical (unpaired) electrons. The molecule has 1 aromatic heterocycles. The van der Waals surface area contributed by atoms with Crippen LogP contribution in [0, 0.1) is 5.92 Å². The van der Waals surface area contributed by atoms with Gasteiger partial charge in [-0.1, -0.05) is 32.9 Å². The molecule has 0 bridgehead atoms. The standard InChI is InChI=1S/C28H37N3O5/c1-7-25(26-29-24-11-9-8-10-23(24)28(33)31(26)14-15-34-4)30(13-12-19(2)3)27(32)20-16-21(35-5)18-22(17-20)36-6/h8-11,16-19,25H,7,12-15H2,1-6H3. The normalized spacial score (nSPS) is 12.1. The van der Waals surface area contributed by atoms with Crippen molar-refractivity contribution in [3.63, 3.8) is 0 Å². The summed E-state index contributed by atoms with van der Waals surface area (Å²) in [7, 11) is 4.72. The van der Waals surface area contributed by atoms with Crippen molar-refractivity contribution in [1.29, 1.82) is 0 Å². The van der Waals surface area contributed by atoms with Gasteiger partial charge < -0.3 is 19.1 Å². The Morgan fingerprint density at radius 1 is 1.06 bits per heavy atom. The van der Waals surface area contributed by atoms with E-state index >= 15 is 0 Å². The third-order valence-electron chi connectivity index (χ3n) is 6.28. The molecule has 0 aliphatic heterocycles. The van der Waals surface area contributed by atoms with Crippen LogP contribution in [0.25, 0.3) is 10.9 Å². The number of carbonyl (C=O) groups excluding carboxylic acids is 1. The number of benzene rings is 2. The van der Waals surface area contributed by atoms with Gasteiger partial charge in [0.2, 0.25) is 0 Å². The predicted octanol–water partition coefficient (Wildman–Crippen LogP) is 4.70. The maximum atomic E-state index is 14.0. The number of rotatable bonds is 12. The number of hydrogen-bond acceptors (Lipinski definition) is 6. The molecule has 2 aromatic carbocycles. The molecule has 0 aliphatic rings. The van der Waals surface area contributed by atoms with E-state index in [1.807, 2.05) is 30.0 Å². The number of para-hydroxylation sites is 1. The summed E-state index contributed by atoms with van der Waals surface area (Å²) in [6, 6.07) is 12.1. The van der Waals surface area contributed by atoms with Crippen molar-refractivity contribution in [3.05, 3.63) is 64.2 Å². The van der Waals surface area contributed by atoms with Crippen molar-refractivity contribution in [2.24, 2.45) is 5.92 Å². The molecule has 194 valence electrons. The van der Waals surface area contributed by atoms with Gasteiger partial charge >= 0.3 is 0 Å². The summed E-state index contributed by atoms with van der Waals surface area (Å²) < 4.78 is 17.8. The van der Waals surface area contributed by atoms with E-state index in [-0.39, 0.29) is 11.5 Å². The second kappa shape index (κ2) is 12.5. The topological polar surface area (TPSA) is 82.9 Å². The van der Waals surface area contributed by atoms with Gasteiger partial charge in [-0.15, -0.1) is 0 Å². The smallest absolute Gasteiger partial charge is 0.261 e. The van der Waals surface area contributed by atoms with Gasteiger partial charge in [0.25, 0.3) is 11.5 Å². The number of carbonyl (C=O) groups is 1. The minimum atomic E-state index is -0.414. The number of aromatic nitrogens is 2. The Bertz CT molecular complexity index is 1220. The number of amides is 1. The Balaban J connectivity index is 2.18. The zero-order valence-corrected chi connectivity index (χ0v) is 22.1. The number of ether oxygens (including phenoxy) is 3. The molecule has 1 heterocycles. The Kier molecular flexibility index (Phi) is 9.47. The van der Waals surface area contributed by atoms with Crippen molar-refractivity contribution in [3.8, 4) is 11.5 Å². The summed E-state index contributed by atoms with van der Waals surface area (Å²) in [5.74, 6) is 1.86. The van der Waals surface area contributed by atoms with Crippen LogP contribution in [-0.2, 0) is 11.3 Å². The van der Waals surface area contributed by atoms with Gasteiger partial charge in [-0.05, 0) is 43.0 Å². The maximum Gasteiger partial charge on any atom is 0.261 e. The molecule has 36 heavy (non-hydrogen) atoms. The second-order valence-corrected chi connectivity index (χ2v) is 9.14. The molecule has 0 spiro atoms. The Morgan fingerprint density at radius 2 is 1.72 bits per heavy atom. The fourth-order valence-corrected chi connectivity index (χ4v) is 4.27. The lowest BCUT2D eigenvalue weighted by Gasteiger charge is -2.33. The van der Waals surface area contributed by atoms with Crippen LogP contribution >= 0.6 is 0 Å². The molecule has 1 atom stereocenters. The highest BCUT2D eigenvalue weighted by molar-refractivity contribution is 5.95. The van der Waals surface area contributed by atoms with E-state index in [9.17, 15) is 9.59 Å². The van der Waals surface area contributed by atoms with Gasteiger partial charge in [-0.2, -0.15) is 0 Å². The first-order chi connectivity index (χ1) is 17.3. The second-order valence-electron chi connectivity index (χ2n) is 9.14. The van der Waals surface area contributed by atoms with E-state index in [1.54, 1.807) is 50.2 Å². The van der Waals surface area contributed by atoms with E-state index in [1.165, 1.54) is 0 Å². The molecule has 8 heteroatoms. The molecule has 1 unspecified atom stereocenters. The van der Waals surface area contributed by atoms with Crippen molar-refractivity contribution < 1.29 is 19.0 Å². The molecule has 0 fully saturated rings. The third-order valence-corrected chi connectivity index (χ3v) is 6.28. The molecule has 0 saturated carbocycles. The Morgan fingerprint density at radius 3 is 2.31 bits per heavy atom. The minimum absolute atomic E-state index is 0.134. The van der Waals surface area contributed by atoms with Crippen LogP contribution in [0.4, 0.5) is 0 Å². The van der Waals surface area contributed by atoms with Crippen LogP contribution in [0.5, 0.6) is 11.5 Å². The fourth-order valence-electron chi connectivity index (χ4n) is 4.27. The molecule has 0 aliphatic carbocycles. The average Bonchev–Trinajstić information content (AvgIpc) is 2.89. The SMILES string of the molecule is CCC(c1nc2ccccc2c(=O)n1CCOC)N(CCC(C)C)C(=O)c1cc(OC)cc(OC)c1. The van der Waals surface area contributed by atoms with E-state index in [0.29, 0.717) is 65.8 Å². The van der Waals surface area contributed by atoms with E-state index < -0.39 is 6.04 Å². The lowest BCUT2D eigenvalue weighted by Crippen LogP contribution is -2.40. The molecular weight excluding hydrogens is 458 g/mol. The highest BCUT2D eigenvalue weighted by Gasteiger charge is 2.30. The zero-order valence-electron chi connectivity index (χ0n) is 22.1. The predicted molar refractivity (Wildman–Crippen MR) is 141 cm³/mol. The lowest BCUT2D eigenvalue weighted by molar-refractivity contribution is 0.0643. The zero-order chi connectivity index (χ0) is 26.2. The Labute approximate surface area is 212 Å². The highest BCUT2D eigenvalue weighted by atomic mass is 16.5. The number of hydrogen-bond donors (Lipinski definition) is 0. The maximum absolute atomic E-state index is 14.0. The van der Waals surface area contributed by atoms with E-state index in [2.05, 4.69) is 13.8 Å². The van der Waals surface area contributed by atoms with Gasteiger partial charge in [0, 0.05) is 25.3 Å². The average molecular weight is 496 g/mol.